The first-order valence-corrected chi connectivity index (χ1v) is 12.2. The van der Waals surface area contributed by atoms with Gasteiger partial charge in [-0.25, -0.2) is 0 Å². The van der Waals surface area contributed by atoms with E-state index in [-0.39, 0.29) is 24.6 Å². The van der Waals surface area contributed by atoms with Crippen LogP contribution in [0.5, 0.6) is 0 Å². The maximum atomic E-state index is 13.6. The summed E-state index contributed by atoms with van der Waals surface area (Å²) in [7, 11) is 0. The number of esters is 1. The van der Waals surface area contributed by atoms with Crippen molar-refractivity contribution in [1.82, 2.24) is 20.5 Å². The molecule has 3 aliphatic heterocycles. The lowest BCUT2D eigenvalue weighted by Crippen LogP contribution is -2.57. The fourth-order valence-corrected chi connectivity index (χ4v) is 5.17. The molecule has 0 spiro atoms. The zero-order chi connectivity index (χ0) is 26.1. The summed E-state index contributed by atoms with van der Waals surface area (Å²) >= 11 is 0. The molecule has 2 fully saturated rings. The number of nitrogens with zero attached hydrogens (tertiary/aromatic N) is 2. The summed E-state index contributed by atoms with van der Waals surface area (Å²) in [5, 5.41) is 16.3. The molecule has 0 bridgehead atoms. The van der Waals surface area contributed by atoms with Crippen molar-refractivity contribution in [2.75, 3.05) is 0 Å². The summed E-state index contributed by atoms with van der Waals surface area (Å²) in [6.45, 7) is 0. The molecule has 0 aliphatic carbocycles. The Morgan fingerprint density at radius 2 is 1.81 bits per heavy atom. The predicted molar refractivity (Wildman–Crippen MR) is 129 cm³/mol. The highest BCUT2D eigenvalue weighted by Gasteiger charge is 2.45. The van der Waals surface area contributed by atoms with Crippen LogP contribution in [0, 0.1) is 0 Å². The molecule has 192 valence electrons. The van der Waals surface area contributed by atoms with Crippen LogP contribution >= 0.6 is 0 Å². The zero-order valence-corrected chi connectivity index (χ0v) is 19.8. The maximum Gasteiger partial charge on any atom is 0.310 e. The van der Waals surface area contributed by atoms with E-state index < -0.39 is 53.9 Å². The van der Waals surface area contributed by atoms with Gasteiger partial charge in [0.15, 0.2) is 0 Å². The second kappa shape index (κ2) is 10.1. The number of hydrogen-bond acceptors (Lipinski definition) is 8. The lowest BCUT2D eigenvalue weighted by molar-refractivity contribution is -0.155. The Morgan fingerprint density at radius 1 is 1.03 bits per heavy atom. The molecule has 3 aliphatic rings. The second-order valence-corrected chi connectivity index (χ2v) is 9.37. The van der Waals surface area contributed by atoms with Gasteiger partial charge in [0.25, 0.3) is 11.7 Å². The van der Waals surface area contributed by atoms with Gasteiger partial charge in [0.2, 0.25) is 18.1 Å². The molecule has 2 saturated heterocycles. The van der Waals surface area contributed by atoms with Crippen LogP contribution in [0.2, 0.25) is 0 Å². The molecule has 11 heteroatoms. The van der Waals surface area contributed by atoms with Gasteiger partial charge in [0.05, 0.1) is 6.42 Å². The van der Waals surface area contributed by atoms with Crippen LogP contribution < -0.4 is 10.6 Å². The minimum Gasteiger partial charge on any atom is -0.434 e. The number of carbonyl (C=O) groups is 5. The number of amides is 3. The number of hydrogen-bond donors (Lipinski definition) is 3. The lowest BCUT2D eigenvalue weighted by Gasteiger charge is -2.34. The van der Waals surface area contributed by atoms with E-state index in [1.807, 2.05) is 12.1 Å². The van der Waals surface area contributed by atoms with Gasteiger partial charge in [0, 0.05) is 17.6 Å². The number of pyridine rings is 1. The molecule has 2 aromatic rings. The number of ether oxygens (including phenoxy) is 1. The molecule has 4 heterocycles. The van der Waals surface area contributed by atoms with Crippen molar-refractivity contribution in [3.8, 4) is 0 Å². The van der Waals surface area contributed by atoms with Crippen molar-refractivity contribution in [3.05, 3.63) is 54.4 Å². The zero-order valence-electron chi connectivity index (χ0n) is 19.8. The average Bonchev–Trinajstić information content (AvgIpc) is 3.45. The Labute approximate surface area is 211 Å². The van der Waals surface area contributed by atoms with Crippen LogP contribution in [0.25, 0.3) is 10.8 Å². The largest absolute Gasteiger partial charge is 0.434 e. The Balaban J connectivity index is 1.33. The monoisotopic (exact) mass is 506 g/mol. The Kier molecular flexibility index (Phi) is 6.70. The average molecular weight is 507 g/mol. The third kappa shape index (κ3) is 4.82. The van der Waals surface area contributed by atoms with Crippen molar-refractivity contribution in [2.45, 2.75) is 62.6 Å². The van der Waals surface area contributed by atoms with Crippen LogP contribution in [0.3, 0.4) is 0 Å². The number of carbonyl (C=O) groups excluding carboxylic acids is 5. The Bertz CT molecular complexity index is 1300. The number of aliphatic hydroxyl groups excluding tert-OH is 1. The van der Waals surface area contributed by atoms with Crippen molar-refractivity contribution >= 4 is 40.2 Å². The van der Waals surface area contributed by atoms with Crippen molar-refractivity contribution in [1.29, 1.82) is 0 Å². The number of cyclic esters (lactones) is 1. The third-order valence-electron chi connectivity index (χ3n) is 7.02. The molecule has 5 unspecified atom stereocenters. The van der Waals surface area contributed by atoms with Gasteiger partial charge in [-0.1, -0.05) is 36.4 Å². The van der Waals surface area contributed by atoms with Gasteiger partial charge < -0.3 is 25.4 Å². The first-order valence-electron chi connectivity index (χ1n) is 12.2. The van der Waals surface area contributed by atoms with Crippen molar-refractivity contribution in [2.24, 2.45) is 0 Å². The molecule has 3 amide bonds. The van der Waals surface area contributed by atoms with Crippen molar-refractivity contribution in [3.63, 3.8) is 0 Å². The summed E-state index contributed by atoms with van der Waals surface area (Å²) in [6.07, 6.45) is 5.17. The highest BCUT2D eigenvalue weighted by atomic mass is 16.6. The maximum absolute atomic E-state index is 13.6. The number of benzene rings is 1. The van der Waals surface area contributed by atoms with Gasteiger partial charge >= 0.3 is 5.97 Å². The predicted octanol–water partition coefficient (Wildman–Crippen LogP) is 0.362. The van der Waals surface area contributed by atoms with E-state index in [1.54, 1.807) is 30.3 Å². The summed E-state index contributed by atoms with van der Waals surface area (Å²) in [4.78, 5) is 69.6. The highest BCUT2D eigenvalue weighted by Crippen LogP contribution is 2.30. The molecule has 11 nitrogen and oxygen atoms in total. The van der Waals surface area contributed by atoms with E-state index >= 15 is 0 Å². The lowest BCUT2D eigenvalue weighted by atomic mass is 10.0. The summed E-state index contributed by atoms with van der Waals surface area (Å²) in [6, 6.07) is 5.73. The van der Waals surface area contributed by atoms with E-state index in [0.717, 1.165) is 5.39 Å². The fraction of sp³-hybridized carbons (Fsp3) is 0.385. The summed E-state index contributed by atoms with van der Waals surface area (Å²) in [5.74, 6) is -3.43. The molecule has 0 radical (unpaired) electrons. The van der Waals surface area contributed by atoms with Gasteiger partial charge in [-0.3, -0.25) is 29.0 Å². The Hall–Kier alpha value is -4.12. The normalized spacial score (nSPS) is 28.1. The SMILES string of the molecule is O=C1CC(NC(=O)C2CCC3C/C=C\CC(NC(=O)C(=O)c4nccc5ccccc45)C(=O)N32)C(O)O1. The molecule has 1 aromatic carbocycles. The number of Topliss-reactive ketones (excluding diaryl/α,β-unsaturated/α-hetero) is 1. The number of aliphatic hydroxyl groups is 1. The molecule has 0 saturated carbocycles. The summed E-state index contributed by atoms with van der Waals surface area (Å²) in [5.41, 5.74) is -0.00683. The Morgan fingerprint density at radius 3 is 2.59 bits per heavy atom. The first-order chi connectivity index (χ1) is 17.8. The smallest absolute Gasteiger partial charge is 0.310 e. The topological polar surface area (TPSA) is 155 Å². The number of aromatic nitrogens is 1. The van der Waals surface area contributed by atoms with E-state index in [0.29, 0.717) is 24.6 Å². The fourth-order valence-electron chi connectivity index (χ4n) is 5.17. The molecule has 3 N–H and O–H groups in total. The highest BCUT2D eigenvalue weighted by molar-refractivity contribution is 6.44. The van der Waals surface area contributed by atoms with E-state index in [9.17, 15) is 29.1 Å². The minimum absolute atomic E-state index is 0.00683. The van der Waals surface area contributed by atoms with Crippen LogP contribution in [-0.2, 0) is 23.9 Å². The van der Waals surface area contributed by atoms with Crippen LogP contribution in [-0.4, -0.2) is 74.9 Å². The molecular weight excluding hydrogens is 480 g/mol. The minimum atomic E-state index is -1.44. The van der Waals surface area contributed by atoms with E-state index in [4.69, 9.17) is 0 Å². The molecular formula is C26H26N4O7. The third-order valence-corrected chi connectivity index (χ3v) is 7.02. The van der Waals surface area contributed by atoms with Crippen LogP contribution in [0.4, 0.5) is 0 Å². The standard InChI is InChI=1S/C26H26N4O7/c31-20-13-18(26(36)37-20)29-23(33)19-10-9-15-6-2-4-8-17(25(35)30(15)19)28-24(34)22(32)21-16-7-3-1-5-14(16)11-12-27-21/h1-5,7,11-12,15,17-19,26,36H,6,8-10,13H2,(H,28,34)(H,29,33)/b4-2-. The van der Waals surface area contributed by atoms with Crippen molar-refractivity contribution < 1.29 is 33.8 Å². The van der Waals surface area contributed by atoms with Gasteiger partial charge in [-0.15, -0.1) is 0 Å². The van der Waals surface area contributed by atoms with Gasteiger partial charge in [0.1, 0.15) is 23.8 Å². The van der Waals surface area contributed by atoms with E-state index in [2.05, 4.69) is 20.4 Å². The van der Waals surface area contributed by atoms with Crippen LogP contribution in [0.15, 0.2) is 48.7 Å². The number of fused-ring (bicyclic) bond motifs is 2. The molecule has 37 heavy (non-hydrogen) atoms. The second-order valence-electron chi connectivity index (χ2n) is 9.37. The first kappa shape index (κ1) is 24.6. The number of rotatable bonds is 5. The van der Waals surface area contributed by atoms with Gasteiger partial charge in [-0.05, 0) is 37.1 Å². The number of nitrogens with one attached hydrogen (secondary N) is 2. The van der Waals surface area contributed by atoms with Gasteiger partial charge in [-0.2, -0.15) is 0 Å². The summed E-state index contributed by atoms with van der Waals surface area (Å²) < 4.78 is 4.68. The van der Waals surface area contributed by atoms with E-state index in [1.165, 1.54) is 11.1 Å². The number of ketones is 1. The molecule has 5 rings (SSSR count). The molecule has 5 atom stereocenters. The molecule has 1 aromatic heterocycles. The van der Waals surface area contributed by atoms with Crippen LogP contribution in [0.1, 0.15) is 42.6 Å². The quantitative estimate of drug-likeness (QED) is 0.227.